The van der Waals surface area contributed by atoms with E-state index in [-0.39, 0.29) is 17.3 Å². The van der Waals surface area contributed by atoms with Crippen LogP contribution in [0.25, 0.3) is 0 Å². The summed E-state index contributed by atoms with van der Waals surface area (Å²) in [5.74, 6) is -3.06. The van der Waals surface area contributed by atoms with Gasteiger partial charge < -0.3 is 15.2 Å². The van der Waals surface area contributed by atoms with Crippen LogP contribution in [0.15, 0.2) is 41.7 Å². The van der Waals surface area contributed by atoms with Gasteiger partial charge in [-0.15, -0.1) is 0 Å². The second-order valence-electron chi connectivity index (χ2n) is 9.77. The van der Waals surface area contributed by atoms with Crippen LogP contribution in [0, 0.1) is 21.4 Å². The highest BCUT2D eigenvalue weighted by Crippen LogP contribution is 2.49. The lowest BCUT2D eigenvalue weighted by atomic mass is 9.66. The molecule has 0 bridgehead atoms. The fourth-order valence-electron chi connectivity index (χ4n) is 5.20. The summed E-state index contributed by atoms with van der Waals surface area (Å²) in [7, 11) is 0. The zero-order valence-corrected chi connectivity index (χ0v) is 18.3. The molecule has 8 heteroatoms. The summed E-state index contributed by atoms with van der Waals surface area (Å²) >= 11 is 0. The van der Waals surface area contributed by atoms with Crippen LogP contribution >= 0.6 is 0 Å². The number of nitrogens with one attached hydrogen (secondary N) is 1. The Morgan fingerprint density at radius 1 is 1.25 bits per heavy atom. The quantitative estimate of drug-likeness (QED) is 0.432. The van der Waals surface area contributed by atoms with Crippen LogP contribution in [0.5, 0.6) is 5.75 Å². The van der Waals surface area contributed by atoms with Gasteiger partial charge in [0.2, 0.25) is 0 Å². The largest absolute Gasteiger partial charge is 0.868 e. The van der Waals surface area contributed by atoms with Gasteiger partial charge in [0.15, 0.2) is 5.78 Å². The van der Waals surface area contributed by atoms with Gasteiger partial charge in [0, 0.05) is 35.4 Å². The van der Waals surface area contributed by atoms with Gasteiger partial charge in [0.1, 0.15) is 12.0 Å². The van der Waals surface area contributed by atoms with E-state index in [1.807, 2.05) is 13.8 Å². The molecular weight excluding hydrogens is 412 g/mol. The van der Waals surface area contributed by atoms with Gasteiger partial charge in [-0.2, -0.15) is 0 Å². The Bertz CT molecular complexity index is 1030. The van der Waals surface area contributed by atoms with E-state index in [2.05, 4.69) is 11.9 Å². The average Bonchev–Trinajstić information content (AvgIpc) is 3.19. The van der Waals surface area contributed by atoms with Crippen molar-refractivity contribution in [1.82, 2.24) is 5.32 Å². The van der Waals surface area contributed by atoms with Gasteiger partial charge in [-0.25, -0.2) is 0 Å². The van der Waals surface area contributed by atoms with E-state index >= 15 is 0 Å². The molecule has 1 N–H and O–H groups in total. The summed E-state index contributed by atoms with van der Waals surface area (Å²) < 4.78 is 5.76. The minimum absolute atomic E-state index is 0.117. The van der Waals surface area contributed by atoms with Crippen molar-refractivity contribution in [3.05, 3.63) is 57.4 Å². The SMILES string of the molecule is C=C1NC2=C(C(=O)CC(C)(C)C2)C(c2ccc([O-])c([N+](=O)[O-])c2)C1C(=O)OC1CCCC1. The first-order chi connectivity index (χ1) is 15.1. The average molecular weight is 439 g/mol. The number of nitro benzene ring substituents is 1. The molecule has 2 atom stereocenters. The van der Waals surface area contributed by atoms with E-state index in [9.17, 15) is 24.8 Å². The normalized spacial score (nSPS) is 25.3. The van der Waals surface area contributed by atoms with E-state index < -0.39 is 34.2 Å². The lowest BCUT2D eigenvalue weighted by Crippen LogP contribution is -2.44. The van der Waals surface area contributed by atoms with E-state index in [0.29, 0.717) is 35.4 Å². The van der Waals surface area contributed by atoms with Crippen molar-refractivity contribution in [1.29, 1.82) is 0 Å². The van der Waals surface area contributed by atoms with Crippen LogP contribution in [0.2, 0.25) is 0 Å². The highest BCUT2D eigenvalue weighted by Gasteiger charge is 2.47. The number of ether oxygens (including phenoxy) is 1. The molecule has 0 saturated heterocycles. The number of hydrogen-bond donors (Lipinski definition) is 1. The molecule has 8 nitrogen and oxygen atoms in total. The predicted octanol–water partition coefficient (Wildman–Crippen LogP) is 3.61. The monoisotopic (exact) mass is 439 g/mol. The zero-order valence-electron chi connectivity index (χ0n) is 18.3. The molecule has 0 spiro atoms. The molecule has 0 amide bonds. The van der Waals surface area contributed by atoms with Gasteiger partial charge in [-0.3, -0.25) is 19.7 Å². The van der Waals surface area contributed by atoms with Crippen LogP contribution < -0.4 is 10.4 Å². The maximum Gasteiger partial charge on any atom is 0.316 e. The smallest absolute Gasteiger partial charge is 0.316 e. The summed E-state index contributed by atoms with van der Waals surface area (Å²) in [5, 5.41) is 26.6. The first-order valence-corrected chi connectivity index (χ1v) is 11.0. The molecule has 2 unspecified atom stereocenters. The molecular formula is C24H27N2O6-. The van der Waals surface area contributed by atoms with Gasteiger partial charge in [-0.05, 0) is 48.8 Å². The lowest BCUT2D eigenvalue weighted by molar-refractivity contribution is -0.398. The van der Waals surface area contributed by atoms with Gasteiger partial charge in [0.25, 0.3) is 5.69 Å². The summed E-state index contributed by atoms with van der Waals surface area (Å²) in [5.41, 5.74) is 1.03. The topological polar surface area (TPSA) is 122 Å². The van der Waals surface area contributed by atoms with Crippen molar-refractivity contribution in [3.63, 3.8) is 0 Å². The Hall–Kier alpha value is -3.16. The number of esters is 1. The van der Waals surface area contributed by atoms with Crippen LogP contribution in [0.3, 0.4) is 0 Å². The molecule has 3 aliphatic rings. The molecule has 1 aliphatic heterocycles. The number of allylic oxidation sites excluding steroid dienone is 2. The maximum atomic E-state index is 13.3. The van der Waals surface area contributed by atoms with Crippen molar-refractivity contribution >= 4 is 17.4 Å². The van der Waals surface area contributed by atoms with Crippen molar-refractivity contribution < 1.29 is 24.4 Å². The summed E-state index contributed by atoms with van der Waals surface area (Å²) in [6.45, 7) is 8.04. The standard InChI is InChI=1S/C24H28N2O6/c1-13-20(23(29)32-15-6-4-5-7-15)21(14-8-9-18(27)17(10-14)26(30)31)22-16(25-13)11-24(2,3)12-19(22)28/h8-10,15,20-21,25,27H,1,4-7,11-12H2,2-3H3/p-1. The Morgan fingerprint density at radius 3 is 2.59 bits per heavy atom. The number of nitrogens with zero attached hydrogens (tertiary/aromatic N) is 1. The number of carbonyl (C=O) groups excluding carboxylic acids is 2. The highest BCUT2D eigenvalue weighted by molar-refractivity contribution is 6.01. The maximum absolute atomic E-state index is 13.3. The molecule has 1 fully saturated rings. The van der Waals surface area contributed by atoms with Crippen LogP contribution in [0.1, 0.15) is 63.9 Å². The fourth-order valence-corrected chi connectivity index (χ4v) is 5.20. The van der Waals surface area contributed by atoms with Crippen molar-refractivity contribution in [2.75, 3.05) is 0 Å². The minimum atomic E-state index is -0.920. The second-order valence-corrected chi connectivity index (χ2v) is 9.77. The van der Waals surface area contributed by atoms with E-state index in [1.165, 1.54) is 12.1 Å². The van der Waals surface area contributed by atoms with E-state index in [0.717, 1.165) is 31.7 Å². The van der Waals surface area contributed by atoms with E-state index in [4.69, 9.17) is 4.74 Å². The molecule has 4 rings (SSSR count). The third-order valence-corrected chi connectivity index (χ3v) is 6.63. The van der Waals surface area contributed by atoms with Crippen LogP contribution in [-0.4, -0.2) is 22.8 Å². The van der Waals surface area contributed by atoms with Crippen molar-refractivity contribution in [3.8, 4) is 5.75 Å². The number of rotatable bonds is 4. The number of Topliss-reactive ketones (excluding diaryl/α,β-unsaturated/α-hetero) is 1. The molecule has 1 aromatic rings. The summed E-state index contributed by atoms with van der Waals surface area (Å²) in [4.78, 5) is 37.2. The molecule has 2 aliphatic carbocycles. The Balaban J connectivity index is 1.82. The first kappa shape index (κ1) is 22.0. The predicted molar refractivity (Wildman–Crippen MR) is 114 cm³/mol. The molecule has 1 saturated carbocycles. The number of hydrogen-bond acceptors (Lipinski definition) is 7. The molecule has 32 heavy (non-hydrogen) atoms. The zero-order chi connectivity index (χ0) is 23.2. The van der Waals surface area contributed by atoms with Crippen molar-refractivity contribution in [2.24, 2.45) is 11.3 Å². The highest BCUT2D eigenvalue weighted by atomic mass is 16.6. The molecule has 0 aromatic heterocycles. The lowest BCUT2D eigenvalue weighted by Gasteiger charge is -2.42. The molecule has 1 heterocycles. The minimum Gasteiger partial charge on any atom is -0.868 e. The van der Waals surface area contributed by atoms with Gasteiger partial charge in [-0.1, -0.05) is 32.6 Å². The van der Waals surface area contributed by atoms with Crippen LogP contribution in [-0.2, 0) is 14.3 Å². The number of benzene rings is 1. The second kappa shape index (κ2) is 8.07. The third kappa shape index (κ3) is 4.01. The molecule has 170 valence electrons. The summed E-state index contributed by atoms with van der Waals surface area (Å²) in [6, 6.07) is 3.76. The third-order valence-electron chi connectivity index (χ3n) is 6.63. The number of nitro groups is 1. The van der Waals surface area contributed by atoms with Gasteiger partial charge in [0.05, 0.1) is 4.92 Å². The van der Waals surface area contributed by atoms with Gasteiger partial charge >= 0.3 is 5.97 Å². The first-order valence-electron chi connectivity index (χ1n) is 11.0. The molecule has 0 radical (unpaired) electrons. The summed E-state index contributed by atoms with van der Waals surface area (Å²) in [6.07, 6.45) is 4.26. The van der Waals surface area contributed by atoms with Crippen LogP contribution in [0.4, 0.5) is 5.69 Å². The number of ketones is 1. The Kier molecular flexibility index (Phi) is 5.56. The fraction of sp³-hybridized carbons (Fsp3) is 0.500. The van der Waals surface area contributed by atoms with Crippen molar-refractivity contribution in [2.45, 2.75) is 64.4 Å². The van der Waals surface area contributed by atoms with E-state index in [1.54, 1.807) is 0 Å². The molecule has 1 aromatic carbocycles. The Morgan fingerprint density at radius 2 is 1.94 bits per heavy atom. The number of carbonyl (C=O) groups is 2. The Labute approximate surface area is 186 Å².